The molecule has 1 aromatic carbocycles. The molecule has 134 valence electrons. The Bertz CT molecular complexity index is 729. The van der Waals surface area contributed by atoms with Gasteiger partial charge in [0.2, 0.25) is 0 Å². The van der Waals surface area contributed by atoms with Crippen molar-refractivity contribution in [3.63, 3.8) is 0 Å². The molecule has 0 spiro atoms. The molecule has 1 aromatic heterocycles. The zero-order valence-electron chi connectivity index (χ0n) is 14.3. The van der Waals surface area contributed by atoms with Crippen LogP contribution in [0.25, 0.3) is 0 Å². The van der Waals surface area contributed by atoms with Crippen molar-refractivity contribution in [3.8, 4) is 5.75 Å². The van der Waals surface area contributed by atoms with Crippen molar-refractivity contribution in [1.82, 2.24) is 20.8 Å². The van der Waals surface area contributed by atoms with Crippen molar-refractivity contribution < 1.29 is 14.7 Å². The van der Waals surface area contributed by atoms with Gasteiger partial charge in [-0.05, 0) is 38.6 Å². The van der Waals surface area contributed by atoms with Gasteiger partial charge in [-0.2, -0.15) is 5.10 Å². The van der Waals surface area contributed by atoms with Crippen molar-refractivity contribution in [2.45, 2.75) is 25.8 Å². The fourth-order valence-electron chi connectivity index (χ4n) is 2.36. The predicted octanol–water partition coefficient (Wildman–Crippen LogP) is 1.49. The molecular formula is C17H23N5O3. The van der Waals surface area contributed by atoms with E-state index < -0.39 is 5.91 Å². The maximum Gasteiger partial charge on any atom is 0.271 e. The van der Waals surface area contributed by atoms with Crippen molar-refractivity contribution in [3.05, 3.63) is 41.7 Å². The van der Waals surface area contributed by atoms with E-state index in [2.05, 4.69) is 26.1 Å². The van der Waals surface area contributed by atoms with Crippen molar-refractivity contribution in [1.29, 1.82) is 0 Å². The van der Waals surface area contributed by atoms with E-state index in [1.807, 2.05) is 14.0 Å². The van der Waals surface area contributed by atoms with Gasteiger partial charge in [0, 0.05) is 6.04 Å². The topological polar surface area (TPSA) is 119 Å². The molecule has 1 unspecified atom stereocenters. The third kappa shape index (κ3) is 4.80. The van der Waals surface area contributed by atoms with Crippen LogP contribution in [0.2, 0.25) is 0 Å². The lowest BCUT2D eigenvalue weighted by atomic mass is 10.1. The number of nitrogens with zero attached hydrogens (tertiary/aromatic N) is 1. The molecule has 0 saturated heterocycles. The maximum absolute atomic E-state index is 12.4. The van der Waals surface area contributed by atoms with Crippen LogP contribution >= 0.6 is 0 Å². The first-order valence-corrected chi connectivity index (χ1v) is 8.15. The minimum absolute atomic E-state index is 0.0185. The normalized spacial score (nSPS) is 11.8. The highest BCUT2D eigenvalue weighted by atomic mass is 16.3. The van der Waals surface area contributed by atoms with Crippen molar-refractivity contribution in [2.75, 3.05) is 18.9 Å². The molecule has 0 bridgehead atoms. The molecule has 0 aliphatic carbocycles. The summed E-state index contributed by atoms with van der Waals surface area (Å²) in [5.41, 5.74) is 0.552. The van der Waals surface area contributed by atoms with Crippen LogP contribution < -0.4 is 16.0 Å². The number of carbonyl (C=O) groups is 2. The summed E-state index contributed by atoms with van der Waals surface area (Å²) >= 11 is 0. The summed E-state index contributed by atoms with van der Waals surface area (Å²) in [6.45, 7) is 2.78. The van der Waals surface area contributed by atoms with Gasteiger partial charge in [0.15, 0.2) is 0 Å². The number of benzene rings is 1. The van der Waals surface area contributed by atoms with E-state index in [-0.39, 0.29) is 34.6 Å². The molecule has 0 saturated carbocycles. The first-order chi connectivity index (χ1) is 12.1. The fraction of sp³-hybridized carbons (Fsp3) is 0.353. The number of nitrogens with one attached hydrogen (secondary N) is 4. The van der Waals surface area contributed by atoms with Gasteiger partial charge in [0.05, 0.1) is 17.4 Å². The molecule has 0 fully saturated rings. The molecule has 8 heteroatoms. The Balaban J connectivity index is 2.08. The first kappa shape index (κ1) is 18.5. The van der Waals surface area contributed by atoms with Gasteiger partial charge in [-0.15, -0.1) is 0 Å². The summed E-state index contributed by atoms with van der Waals surface area (Å²) in [5.74, 6) is -0.989. The van der Waals surface area contributed by atoms with E-state index >= 15 is 0 Å². The summed E-state index contributed by atoms with van der Waals surface area (Å²) in [6, 6.07) is 6.20. The molecule has 2 rings (SSSR count). The van der Waals surface area contributed by atoms with Crippen LogP contribution in [0.5, 0.6) is 5.75 Å². The Morgan fingerprint density at radius 1 is 1.28 bits per heavy atom. The Labute approximate surface area is 146 Å². The molecule has 0 aliphatic rings. The lowest BCUT2D eigenvalue weighted by Gasteiger charge is -2.16. The fourth-order valence-corrected chi connectivity index (χ4v) is 2.36. The quantitative estimate of drug-likeness (QED) is 0.496. The highest BCUT2D eigenvalue weighted by Gasteiger charge is 2.20. The number of aromatic amines is 1. The Hall–Kier alpha value is -2.87. The van der Waals surface area contributed by atoms with E-state index in [9.17, 15) is 14.7 Å². The second-order valence-electron chi connectivity index (χ2n) is 5.60. The molecule has 2 amide bonds. The number of carbonyl (C=O) groups excluding carboxylic acids is 2. The molecule has 2 aromatic rings. The molecular weight excluding hydrogens is 322 g/mol. The van der Waals surface area contributed by atoms with Crippen molar-refractivity contribution >= 4 is 17.5 Å². The van der Waals surface area contributed by atoms with Crippen LogP contribution in [0.4, 0.5) is 5.69 Å². The van der Waals surface area contributed by atoms with Crippen LogP contribution in [0.15, 0.2) is 30.5 Å². The van der Waals surface area contributed by atoms with Gasteiger partial charge in [-0.3, -0.25) is 14.7 Å². The van der Waals surface area contributed by atoms with Crippen LogP contribution in [0.1, 0.15) is 40.6 Å². The highest BCUT2D eigenvalue weighted by molar-refractivity contribution is 6.09. The van der Waals surface area contributed by atoms with Gasteiger partial charge in [-0.25, -0.2) is 0 Å². The summed E-state index contributed by atoms with van der Waals surface area (Å²) in [7, 11) is 1.86. The number of phenolic OH excluding ortho intramolecular Hbond substituents is 1. The Kier molecular flexibility index (Phi) is 6.53. The number of amides is 2. The van der Waals surface area contributed by atoms with Crippen LogP contribution in [0, 0.1) is 0 Å². The Morgan fingerprint density at radius 3 is 2.72 bits per heavy atom. The lowest BCUT2D eigenvalue weighted by molar-refractivity contribution is 0.0930. The molecule has 5 N–H and O–H groups in total. The monoisotopic (exact) mass is 345 g/mol. The van der Waals surface area contributed by atoms with Gasteiger partial charge in [0.25, 0.3) is 11.8 Å². The second-order valence-corrected chi connectivity index (χ2v) is 5.60. The third-order valence-electron chi connectivity index (χ3n) is 3.83. The summed E-state index contributed by atoms with van der Waals surface area (Å²) in [4.78, 5) is 24.7. The molecule has 1 heterocycles. The number of hydrogen-bond donors (Lipinski definition) is 5. The Morgan fingerprint density at radius 2 is 2.04 bits per heavy atom. The lowest BCUT2D eigenvalue weighted by Crippen LogP contribution is -2.36. The van der Waals surface area contributed by atoms with Crippen molar-refractivity contribution in [2.24, 2.45) is 0 Å². The number of phenols is 1. The SMILES string of the molecule is CCC(CCNC)NC(=O)c1[nH]ncc1NC(=O)c1ccccc1O. The maximum atomic E-state index is 12.4. The zero-order chi connectivity index (χ0) is 18.2. The minimum Gasteiger partial charge on any atom is -0.507 e. The number of rotatable bonds is 8. The zero-order valence-corrected chi connectivity index (χ0v) is 14.3. The van der Waals surface area contributed by atoms with Crippen LogP contribution in [0.3, 0.4) is 0 Å². The molecule has 0 radical (unpaired) electrons. The number of hydrogen-bond acceptors (Lipinski definition) is 5. The van der Waals surface area contributed by atoms with Gasteiger partial charge >= 0.3 is 0 Å². The van der Waals surface area contributed by atoms with E-state index in [4.69, 9.17) is 0 Å². The van der Waals surface area contributed by atoms with E-state index in [0.29, 0.717) is 0 Å². The number of para-hydroxylation sites is 1. The average molecular weight is 345 g/mol. The van der Waals surface area contributed by atoms with E-state index in [1.54, 1.807) is 12.1 Å². The van der Waals surface area contributed by atoms with Gasteiger partial charge in [0.1, 0.15) is 11.4 Å². The number of H-pyrrole nitrogens is 1. The summed E-state index contributed by atoms with van der Waals surface area (Å²) in [5, 5.41) is 24.8. The second kappa shape index (κ2) is 8.84. The number of anilines is 1. The van der Waals surface area contributed by atoms with Gasteiger partial charge < -0.3 is 21.1 Å². The van der Waals surface area contributed by atoms with Crippen LogP contribution in [-0.2, 0) is 0 Å². The highest BCUT2D eigenvalue weighted by Crippen LogP contribution is 2.19. The number of aromatic hydroxyl groups is 1. The molecule has 0 aliphatic heterocycles. The summed E-state index contributed by atoms with van der Waals surface area (Å²) < 4.78 is 0. The van der Waals surface area contributed by atoms with Crippen LogP contribution in [-0.4, -0.2) is 46.8 Å². The van der Waals surface area contributed by atoms with E-state index in [1.165, 1.54) is 18.3 Å². The smallest absolute Gasteiger partial charge is 0.271 e. The molecule has 25 heavy (non-hydrogen) atoms. The number of aromatic nitrogens is 2. The predicted molar refractivity (Wildman–Crippen MR) is 94.7 cm³/mol. The van der Waals surface area contributed by atoms with Gasteiger partial charge in [-0.1, -0.05) is 19.1 Å². The first-order valence-electron chi connectivity index (χ1n) is 8.15. The summed E-state index contributed by atoms with van der Waals surface area (Å²) in [6.07, 6.45) is 2.95. The molecule has 8 nitrogen and oxygen atoms in total. The minimum atomic E-state index is -0.518. The van der Waals surface area contributed by atoms with E-state index in [0.717, 1.165) is 19.4 Å². The standard InChI is InChI=1S/C17H23N5O3/c1-3-11(8-9-18-2)20-17(25)15-13(10-19-22-15)21-16(24)12-6-4-5-7-14(12)23/h4-7,10-11,18,23H,3,8-9H2,1-2H3,(H,19,22)(H,20,25)(H,21,24). The third-order valence-corrected chi connectivity index (χ3v) is 3.83. The molecule has 1 atom stereocenters. The average Bonchev–Trinajstić information content (AvgIpc) is 3.06. The largest absolute Gasteiger partial charge is 0.507 e.